The molecular weight excluding hydrogens is 258 g/mol. The second kappa shape index (κ2) is 5.90. The van der Waals surface area contributed by atoms with E-state index in [1.807, 2.05) is 13.1 Å². The minimum Gasteiger partial charge on any atom is -0.481 e. The van der Waals surface area contributed by atoms with Gasteiger partial charge in [0, 0.05) is 24.5 Å². The number of nitrogens with zero attached hydrogens (tertiary/aromatic N) is 3. The molecule has 1 heterocycles. The maximum Gasteiger partial charge on any atom is 0.218 e. The summed E-state index contributed by atoms with van der Waals surface area (Å²) in [6.07, 6.45) is 2.59. The number of hydrogen-bond acceptors (Lipinski definition) is 4. The van der Waals surface area contributed by atoms with E-state index in [2.05, 4.69) is 37.7 Å². The number of ether oxygens (including phenoxy) is 1. The number of rotatable bonds is 5. The van der Waals surface area contributed by atoms with Crippen LogP contribution in [0.3, 0.4) is 0 Å². The molecule has 0 aliphatic rings. The van der Waals surface area contributed by atoms with Gasteiger partial charge >= 0.3 is 0 Å². The van der Waals surface area contributed by atoms with Crippen LogP contribution in [0.15, 0.2) is 12.4 Å². The highest BCUT2D eigenvalue weighted by Crippen LogP contribution is 2.15. The van der Waals surface area contributed by atoms with Gasteiger partial charge in [0.15, 0.2) is 0 Å². The molecule has 0 bridgehead atoms. The van der Waals surface area contributed by atoms with Gasteiger partial charge in [-0.05, 0) is 6.42 Å². The van der Waals surface area contributed by atoms with E-state index in [0.29, 0.717) is 10.7 Å². The molecule has 0 radical (unpaired) electrons. The summed E-state index contributed by atoms with van der Waals surface area (Å²) in [5.41, 5.74) is 0. The van der Waals surface area contributed by atoms with Crippen LogP contribution in [-0.4, -0.2) is 35.5 Å². The normalized spacial score (nSPS) is 12.3. The number of aromatic nitrogens is 2. The van der Waals surface area contributed by atoms with Gasteiger partial charge in [-0.2, -0.15) is 0 Å². The Morgan fingerprint density at radius 1 is 1.53 bits per heavy atom. The molecule has 1 aromatic heterocycles. The van der Waals surface area contributed by atoms with E-state index in [1.165, 1.54) is 6.33 Å². The molecule has 0 aromatic carbocycles. The zero-order chi connectivity index (χ0) is 11.3. The number of methoxy groups -OCH3 is 1. The fourth-order valence-corrected chi connectivity index (χ4v) is 1.34. The van der Waals surface area contributed by atoms with Crippen molar-refractivity contribution in [1.29, 1.82) is 0 Å². The molecule has 1 rings (SSSR count). The van der Waals surface area contributed by atoms with E-state index in [0.717, 1.165) is 18.8 Å². The van der Waals surface area contributed by atoms with Crippen LogP contribution in [0, 0.1) is 0 Å². The van der Waals surface area contributed by atoms with Crippen molar-refractivity contribution in [2.75, 3.05) is 25.6 Å². The molecule has 0 N–H and O–H groups in total. The molecule has 1 atom stereocenters. The molecule has 0 fully saturated rings. The third-order valence-corrected chi connectivity index (χ3v) is 2.55. The highest BCUT2D eigenvalue weighted by atomic mass is 79.9. The quantitative estimate of drug-likeness (QED) is 0.771. The van der Waals surface area contributed by atoms with E-state index in [-0.39, 0.29) is 0 Å². The lowest BCUT2D eigenvalue weighted by atomic mass is 10.3. The van der Waals surface area contributed by atoms with Crippen LogP contribution in [0.25, 0.3) is 0 Å². The third-order valence-electron chi connectivity index (χ3n) is 2.09. The Morgan fingerprint density at radius 2 is 2.27 bits per heavy atom. The molecule has 0 saturated heterocycles. The summed E-state index contributed by atoms with van der Waals surface area (Å²) < 4.78 is 5.04. The number of hydrogen-bond donors (Lipinski definition) is 0. The van der Waals surface area contributed by atoms with E-state index in [4.69, 9.17) is 4.74 Å². The Labute approximate surface area is 98.8 Å². The topological polar surface area (TPSA) is 38.2 Å². The lowest BCUT2D eigenvalue weighted by Crippen LogP contribution is -2.21. The van der Waals surface area contributed by atoms with E-state index in [9.17, 15) is 0 Å². The average molecular weight is 274 g/mol. The van der Waals surface area contributed by atoms with Crippen molar-refractivity contribution in [1.82, 2.24) is 9.97 Å². The molecule has 0 saturated carbocycles. The summed E-state index contributed by atoms with van der Waals surface area (Å²) in [5, 5.41) is 0. The van der Waals surface area contributed by atoms with Gasteiger partial charge < -0.3 is 9.64 Å². The van der Waals surface area contributed by atoms with Crippen molar-refractivity contribution in [3.05, 3.63) is 12.4 Å². The summed E-state index contributed by atoms with van der Waals surface area (Å²) >= 11 is 3.52. The van der Waals surface area contributed by atoms with Crippen LogP contribution in [-0.2, 0) is 0 Å². The zero-order valence-electron chi connectivity index (χ0n) is 9.27. The maximum absolute atomic E-state index is 5.04. The molecule has 4 nitrogen and oxygen atoms in total. The predicted molar refractivity (Wildman–Crippen MR) is 64.9 cm³/mol. The van der Waals surface area contributed by atoms with Gasteiger partial charge in [-0.15, -0.1) is 0 Å². The van der Waals surface area contributed by atoms with Gasteiger partial charge in [-0.1, -0.05) is 22.9 Å². The van der Waals surface area contributed by atoms with Crippen molar-refractivity contribution in [3.63, 3.8) is 0 Å². The lowest BCUT2D eigenvalue weighted by molar-refractivity contribution is 0.397. The minimum atomic E-state index is 0.517. The molecule has 5 heteroatoms. The third kappa shape index (κ3) is 4.03. The van der Waals surface area contributed by atoms with Crippen LogP contribution in [0.4, 0.5) is 5.82 Å². The van der Waals surface area contributed by atoms with Gasteiger partial charge in [0.25, 0.3) is 0 Å². The predicted octanol–water partition coefficient (Wildman–Crippen LogP) is 2.09. The molecule has 0 amide bonds. The molecule has 0 aliphatic heterocycles. The molecule has 1 unspecified atom stereocenters. The second-order valence-electron chi connectivity index (χ2n) is 3.41. The van der Waals surface area contributed by atoms with Crippen LogP contribution >= 0.6 is 15.9 Å². The molecule has 0 aliphatic carbocycles. The molecule has 84 valence electrons. The van der Waals surface area contributed by atoms with Crippen molar-refractivity contribution in [2.45, 2.75) is 18.2 Å². The fourth-order valence-electron chi connectivity index (χ4n) is 1.14. The fraction of sp³-hybridized carbons (Fsp3) is 0.600. The lowest BCUT2D eigenvalue weighted by Gasteiger charge is -2.18. The monoisotopic (exact) mass is 273 g/mol. The summed E-state index contributed by atoms with van der Waals surface area (Å²) in [4.78, 5) is 10.8. The summed E-state index contributed by atoms with van der Waals surface area (Å²) in [7, 11) is 3.61. The van der Waals surface area contributed by atoms with Crippen molar-refractivity contribution in [3.8, 4) is 5.88 Å². The molecule has 15 heavy (non-hydrogen) atoms. The first-order chi connectivity index (χ1) is 7.13. The Morgan fingerprint density at radius 3 is 2.87 bits per heavy atom. The van der Waals surface area contributed by atoms with Crippen molar-refractivity contribution < 1.29 is 4.74 Å². The van der Waals surface area contributed by atoms with Gasteiger partial charge in [0.1, 0.15) is 12.1 Å². The summed E-state index contributed by atoms with van der Waals surface area (Å²) in [6.45, 7) is 3.08. The number of halogens is 1. The second-order valence-corrected chi connectivity index (χ2v) is 4.97. The Kier molecular flexibility index (Phi) is 4.81. The SMILES string of the molecule is COc1cc(N(C)CCC(C)Br)ncn1. The summed E-state index contributed by atoms with van der Waals surface area (Å²) in [5.74, 6) is 1.48. The average Bonchev–Trinajstić information content (AvgIpc) is 2.26. The van der Waals surface area contributed by atoms with Crippen molar-refractivity contribution in [2.24, 2.45) is 0 Å². The Bertz CT molecular complexity index is 306. The molecule has 0 spiro atoms. The Hall–Kier alpha value is -0.840. The molecule has 1 aromatic rings. The van der Waals surface area contributed by atoms with Crippen LogP contribution in [0.5, 0.6) is 5.88 Å². The minimum absolute atomic E-state index is 0.517. The first kappa shape index (κ1) is 12.2. The standard InChI is InChI=1S/C10H16BrN3O/c1-8(11)4-5-14(2)9-6-10(15-3)13-7-12-9/h6-8H,4-5H2,1-3H3. The first-order valence-electron chi connectivity index (χ1n) is 4.84. The van der Waals surface area contributed by atoms with Crippen LogP contribution in [0.1, 0.15) is 13.3 Å². The van der Waals surface area contributed by atoms with Crippen LogP contribution in [0.2, 0.25) is 0 Å². The maximum atomic E-state index is 5.04. The van der Waals surface area contributed by atoms with E-state index >= 15 is 0 Å². The van der Waals surface area contributed by atoms with Gasteiger partial charge in [0.2, 0.25) is 5.88 Å². The zero-order valence-corrected chi connectivity index (χ0v) is 10.9. The number of anilines is 1. The van der Waals surface area contributed by atoms with Gasteiger partial charge in [-0.25, -0.2) is 9.97 Å². The summed E-state index contributed by atoms with van der Waals surface area (Å²) in [6, 6.07) is 1.83. The van der Waals surface area contributed by atoms with E-state index in [1.54, 1.807) is 7.11 Å². The van der Waals surface area contributed by atoms with Gasteiger partial charge in [0.05, 0.1) is 7.11 Å². The van der Waals surface area contributed by atoms with E-state index < -0.39 is 0 Å². The highest BCUT2D eigenvalue weighted by molar-refractivity contribution is 9.09. The molecular formula is C10H16BrN3O. The largest absolute Gasteiger partial charge is 0.481 e. The van der Waals surface area contributed by atoms with Crippen molar-refractivity contribution >= 4 is 21.7 Å². The Balaban J connectivity index is 2.60. The highest BCUT2D eigenvalue weighted by Gasteiger charge is 2.05. The first-order valence-corrected chi connectivity index (χ1v) is 5.76. The van der Waals surface area contributed by atoms with Crippen LogP contribution < -0.4 is 9.64 Å². The number of alkyl halides is 1. The van der Waals surface area contributed by atoms with Gasteiger partial charge in [-0.3, -0.25) is 0 Å². The smallest absolute Gasteiger partial charge is 0.218 e.